The molecule has 5 nitrogen and oxygen atoms in total. The van der Waals surface area contributed by atoms with E-state index in [2.05, 4.69) is 40.2 Å². The summed E-state index contributed by atoms with van der Waals surface area (Å²) in [6, 6.07) is 0.906. The SMILES string of the molecule is CCCn1cncc1C(CN)N(C)C1CCN(CC)CC1. The second-order valence-corrected chi connectivity index (χ2v) is 6.09. The molecular formula is C16H31N5. The lowest BCUT2D eigenvalue weighted by atomic mass is 10.0. The largest absolute Gasteiger partial charge is 0.333 e. The zero-order chi connectivity index (χ0) is 15.2. The number of likely N-dealkylation sites (N-methyl/N-ethyl adjacent to an activating group) is 1. The van der Waals surface area contributed by atoms with Crippen LogP contribution in [0.1, 0.15) is 44.8 Å². The predicted octanol–water partition coefficient (Wildman–Crippen LogP) is 1.71. The van der Waals surface area contributed by atoms with Crippen LogP contribution in [0.3, 0.4) is 0 Å². The molecule has 5 heteroatoms. The molecule has 0 radical (unpaired) electrons. The minimum absolute atomic E-state index is 0.275. The second kappa shape index (κ2) is 7.92. The number of likely N-dealkylation sites (tertiary alicyclic amines) is 1. The van der Waals surface area contributed by atoms with E-state index in [9.17, 15) is 0 Å². The Morgan fingerprint density at radius 1 is 1.38 bits per heavy atom. The van der Waals surface area contributed by atoms with Gasteiger partial charge < -0.3 is 15.2 Å². The molecule has 1 fully saturated rings. The van der Waals surface area contributed by atoms with Crippen molar-refractivity contribution in [2.24, 2.45) is 5.73 Å². The summed E-state index contributed by atoms with van der Waals surface area (Å²) in [5.74, 6) is 0. The van der Waals surface area contributed by atoms with Crippen molar-refractivity contribution in [2.45, 2.75) is 51.7 Å². The van der Waals surface area contributed by atoms with Gasteiger partial charge in [0.05, 0.1) is 18.1 Å². The summed E-state index contributed by atoms with van der Waals surface area (Å²) >= 11 is 0. The molecule has 0 saturated carbocycles. The Morgan fingerprint density at radius 3 is 2.67 bits per heavy atom. The fraction of sp³-hybridized carbons (Fsp3) is 0.812. The number of nitrogens with zero attached hydrogens (tertiary/aromatic N) is 4. The third-order valence-electron chi connectivity index (χ3n) is 4.85. The number of rotatable bonds is 7. The van der Waals surface area contributed by atoms with Crippen molar-refractivity contribution in [3.8, 4) is 0 Å². The van der Waals surface area contributed by atoms with Crippen molar-refractivity contribution in [3.05, 3.63) is 18.2 Å². The highest BCUT2D eigenvalue weighted by Gasteiger charge is 2.28. The second-order valence-electron chi connectivity index (χ2n) is 6.09. The molecule has 1 unspecified atom stereocenters. The van der Waals surface area contributed by atoms with Gasteiger partial charge in [-0.3, -0.25) is 4.90 Å². The van der Waals surface area contributed by atoms with E-state index < -0.39 is 0 Å². The van der Waals surface area contributed by atoms with Crippen LogP contribution in [0.15, 0.2) is 12.5 Å². The Balaban J connectivity index is 2.04. The van der Waals surface area contributed by atoms with Crippen molar-refractivity contribution in [1.82, 2.24) is 19.4 Å². The maximum Gasteiger partial charge on any atom is 0.0948 e. The highest BCUT2D eigenvalue weighted by atomic mass is 15.2. The number of imidazole rings is 1. The van der Waals surface area contributed by atoms with Crippen molar-refractivity contribution >= 4 is 0 Å². The summed E-state index contributed by atoms with van der Waals surface area (Å²) in [7, 11) is 2.23. The van der Waals surface area contributed by atoms with Crippen LogP contribution in [0.5, 0.6) is 0 Å². The lowest BCUT2D eigenvalue weighted by Crippen LogP contribution is -2.46. The number of aryl methyl sites for hydroxylation is 1. The van der Waals surface area contributed by atoms with Crippen LogP contribution < -0.4 is 5.73 Å². The van der Waals surface area contributed by atoms with Crippen molar-refractivity contribution in [2.75, 3.05) is 33.2 Å². The van der Waals surface area contributed by atoms with Crippen LogP contribution in [0, 0.1) is 0 Å². The van der Waals surface area contributed by atoms with E-state index in [-0.39, 0.29) is 6.04 Å². The highest BCUT2D eigenvalue weighted by Crippen LogP contribution is 2.25. The molecule has 21 heavy (non-hydrogen) atoms. The molecule has 1 saturated heterocycles. The number of hydrogen-bond acceptors (Lipinski definition) is 4. The van der Waals surface area contributed by atoms with Crippen molar-refractivity contribution in [3.63, 3.8) is 0 Å². The summed E-state index contributed by atoms with van der Waals surface area (Å²) < 4.78 is 2.26. The quantitative estimate of drug-likeness (QED) is 0.831. The number of hydrogen-bond donors (Lipinski definition) is 1. The third-order valence-corrected chi connectivity index (χ3v) is 4.85. The van der Waals surface area contributed by atoms with Gasteiger partial charge in [0.1, 0.15) is 0 Å². The van der Waals surface area contributed by atoms with Crippen LogP contribution in [0.4, 0.5) is 0 Å². The molecule has 0 aliphatic carbocycles. The predicted molar refractivity (Wildman–Crippen MR) is 87.2 cm³/mol. The van der Waals surface area contributed by atoms with Crippen LogP contribution in [-0.2, 0) is 6.54 Å². The first-order valence-electron chi connectivity index (χ1n) is 8.35. The van der Waals surface area contributed by atoms with Gasteiger partial charge in [-0.05, 0) is 45.9 Å². The molecule has 1 aromatic heterocycles. The van der Waals surface area contributed by atoms with Crippen LogP contribution in [-0.4, -0.2) is 58.6 Å². The van der Waals surface area contributed by atoms with Gasteiger partial charge in [0.15, 0.2) is 0 Å². The third kappa shape index (κ3) is 3.84. The number of piperidine rings is 1. The normalized spacial score (nSPS) is 19.3. The lowest BCUT2D eigenvalue weighted by Gasteiger charge is -2.40. The zero-order valence-electron chi connectivity index (χ0n) is 13.8. The molecule has 1 aliphatic heterocycles. The van der Waals surface area contributed by atoms with Gasteiger partial charge in [0.25, 0.3) is 0 Å². The van der Waals surface area contributed by atoms with E-state index in [4.69, 9.17) is 5.73 Å². The Bertz CT molecular complexity index is 409. The van der Waals surface area contributed by atoms with E-state index in [1.165, 1.54) is 38.2 Å². The molecule has 2 N–H and O–H groups in total. The Kier molecular flexibility index (Phi) is 6.21. The summed E-state index contributed by atoms with van der Waals surface area (Å²) in [6.45, 7) is 9.70. The van der Waals surface area contributed by atoms with Crippen LogP contribution in [0.2, 0.25) is 0 Å². The van der Waals surface area contributed by atoms with Gasteiger partial charge in [0.2, 0.25) is 0 Å². The molecule has 0 amide bonds. The molecule has 120 valence electrons. The van der Waals surface area contributed by atoms with Crippen molar-refractivity contribution < 1.29 is 0 Å². The van der Waals surface area contributed by atoms with E-state index >= 15 is 0 Å². The summed E-state index contributed by atoms with van der Waals surface area (Å²) in [4.78, 5) is 9.35. The molecule has 1 aliphatic rings. The molecular weight excluding hydrogens is 262 g/mol. The average molecular weight is 293 g/mol. The Labute approximate surface area is 129 Å². The smallest absolute Gasteiger partial charge is 0.0948 e. The molecule has 0 spiro atoms. The summed E-state index contributed by atoms with van der Waals surface area (Å²) in [5.41, 5.74) is 7.36. The van der Waals surface area contributed by atoms with E-state index in [0.29, 0.717) is 12.6 Å². The monoisotopic (exact) mass is 293 g/mol. The van der Waals surface area contributed by atoms with Crippen LogP contribution >= 0.6 is 0 Å². The van der Waals surface area contributed by atoms with E-state index in [1.54, 1.807) is 0 Å². The van der Waals surface area contributed by atoms with Gasteiger partial charge in [-0.25, -0.2) is 4.98 Å². The molecule has 2 rings (SSSR count). The molecule has 2 heterocycles. The maximum absolute atomic E-state index is 6.10. The van der Waals surface area contributed by atoms with Crippen molar-refractivity contribution in [1.29, 1.82) is 0 Å². The topological polar surface area (TPSA) is 50.3 Å². The molecule has 1 atom stereocenters. The van der Waals surface area contributed by atoms with Gasteiger partial charge in [-0.15, -0.1) is 0 Å². The van der Waals surface area contributed by atoms with Gasteiger partial charge in [0, 0.05) is 25.3 Å². The molecule has 0 bridgehead atoms. The first kappa shape index (κ1) is 16.5. The minimum Gasteiger partial charge on any atom is -0.333 e. The standard InChI is InChI=1S/C16H31N5/c1-4-8-21-13-18-12-16(21)15(11-17)19(3)14-6-9-20(5-2)10-7-14/h12-15H,4-11,17H2,1-3H3. The Hall–Kier alpha value is -0.910. The van der Waals surface area contributed by atoms with E-state index in [1.807, 2.05) is 12.5 Å². The average Bonchev–Trinajstić information content (AvgIpc) is 2.97. The summed E-state index contributed by atoms with van der Waals surface area (Å²) in [5, 5.41) is 0. The first-order valence-corrected chi connectivity index (χ1v) is 8.35. The molecule has 0 aromatic carbocycles. The van der Waals surface area contributed by atoms with Gasteiger partial charge >= 0.3 is 0 Å². The minimum atomic E-state index is 0.275. The fourth-order valence-corrected chi connectivity index (χ4v) is 3.43. The number of nitrogens with two attached hydrogens (primary N) is 1. The fourth-order valence-electron chi connectivity index (χ4n) is 3.43. The lowest BCUT2D eigenvalue weighted by molar-refractivity contribution is 0.0978. The van der Waals surface area contributed by atoms with E-state index in [0.717, 1.165) is 13.0 Å². The maximum atomic E-state index is 6.10. The molecule has 1 aromatic rings. The summed E-state index contributed by atoms with van der Waals surface area (Å²) in [6.07, 6.45) is 7.53. The van der Waals surface area contributed by atoms with Gasteiger partial charge in [-0.1, -0.05) is 13.8 Å². The van der Waals surface area contributed by atoms with Gasteiger partial charge in [-0.2, -0.15) is 0 Å². The first-order chi connectivity index (χ1) is 10.2. The number of aromatic nitrogens is 2. The highest BCUT2D eigenvalue weighted by molar-refractivity contribution is 5.07. The van der Waals surface area contributed by atoms with Crippen LogP contribution in [0.25, 0.3) is 0 Å². The zero-order valence-corrected chi connectivity index (χ0v) is 13.8. The Morgan fingerprint density at radius 2 is 2.10 bits per heavy atom.